The molecular formula is C28H32N2O7. The standard InChI is InChI=1S/C28H32N2O7/c1-17(2)6-7-19-14-21(9-11-24(19)35-4)27(33)30-22-15-20-8-10-23(18(3)26(20)37-28(22)34)36-13-5-12-29-16-25(31)32/h6,8-11,14-15,29H,5,7,12-13,16H2,1-4H3,(H,30,33)(H,31,32). The van der Waals surface area contributed by atoms with Crippen LogP contribution in [0, 0.1) is 6.92 Å². The van der Waals surface area contributed by atoms with E-state index in [-0.39, 0.29) is 12.2 Å². The van der Waals surface area contributed by atoms with Crippen LogP contribution in [0.4, 0.5) is 5.69 Å². The predicted molar refractivity (Wildman–Crippen MR) is 142 cm³/mol. The molecule has 1 heterocycles. The van der Waals surface area contributed by atoms with E-state index in [9.17, 15) is 14.4 Å². The van der Waals surface area contributed by atoms with Crippen molar-refractivity contribution in [2.45, 2.75) is 33.6 Å². The third-order valence-electron chi connectivity index (χ3n) is 5.65. The average molecular weight is 509 g/mol. The number of hydrogen-bond donors (Lipinski definition) is 3. The number of amides is 1. The van der Waals surface area contributed by atoms with Gasteiger partial charge in [-0.15, -0.1) is 0 Å². The Morgan fingerprint density at radius 3 is 2.57 bits per heavy atom. The molecule has 0 bridgehead atoms. The van der Waals surface area contributed by atoms with Crippen LogP contribution >= 0.6 is 0 Å². The van der Waals surface area contributed by atoms with Gasteiger partial charge in [-0.3, -0.25) is 9.59 Å². The molecule has 9 nitrogen and oxygen atoms in total. The first kappa shape index (κ1) is 27.5. The van der Waals surface area contributed by atoms with E-state index in [4.69, 9.17) is 19.0 Å². The number of methoxy groups -OCH3 is 1. The fraction of sp³-hybridized carbons (Fsp3) is 0.321. The molecule has 0 unspecified atom stereocenters. The van der Waals surface area contributed by atoms with Crippen molar-refractivity contribution in [1.29, 1.82) is 0 Å². The van der Waals surface area contributed by atoms with Crippen LogP contribution in [0.5, 0.6) is 11.5 Å². The number of aliphatic carboxylic acids is 1. The quantitative estimate of drug-likeness (QED) is 0.188. The molecule has 1 amide bonds. The number of ether oxygens (including phenoxy) is 2. The number of carboxylic acids is 1. The Bertz CT molecular complexity index is 1370. The van der Waals surface area contributed by atoms with Gasteiger partial charge in [0.15, 0.2) is 0 Å². The van der Waals surface area contributed by atoms with Gasteiger partial charge in [0.25, 0.3) is 5.91 Å². The van der Waals surface area contributed by atoms with Crippen LogP contribution in [0.15, 0.2) is 57.3 Å². The minimum atomic E-state index is -0.912. The maximum absolute atomic E-state index is 12.9. The molecule has 0 aliphatic rings. The van der Waals surface area contributed by atoms with Gasteiger partial charge in [-0.2, -0.15) is 0 Å². The number of benzene rings is 2. The number of rotatable bonds is 12. The maximum atomic E-state index is 12.9. The van der Waals surface area contributed by atoms with Gasteiger partial charge >= 0.3 is 11.6 Å². The molecule has 0 radical (unpaired) electrons. The Morgan fingerprint density at radius 2 is 1.86 bits per heavy atom. The number of anilines is 1. The first-order valence-electron chi connectivity index (χ1n) is 11.9. The van der Waals surface area contributed by atoms with Gasteiger partial charge in [-0.05, 0) is 82.1 Å². The molecule has 2 aromatic carbocycles. The van der Waals surface area contributed by atoms with Crippen LogP contribution < -0.4 is 25.7 Å². The van der Waals surface area contributed by atoms with Crippen LogP contribution in [-0.4, -0.2) is 43.8 Å². The summed E-state index contributed by atoms with van der Waals surface area (Å²) in [5.41, 5.74) is 2.82. The van der Waals surface area contributed by atoms with E-state index >= 15 is 0 Å². The highest BCUT2D eigenvalue weighted by Gasteiger charge is 2.15. The van der Waals surface area contributed by atoms with E-state index in [1.807, 2.05) is 19.9 Å². The highest BCUT2D eigenvalue weighted by Crippen LogP contribution is 2.28. The smallest absolute Gasteiger partial charge is 0.360 e. The van der Waals surface area contributed by atoms with Crippen molar-refractivity contribution in [3.63, 3.8) is 0 Å². The molecule has 0 aliphatic heterocycles. The zero-order chi connectivity index (χ0) is 26.9. The molecule has 3 N–H and O–H groups in total. The molecule has 0 saturated carbocycles. The molecule has 3 rings (SSSR count). The van der Waals surface area contributed by atoms with Gasteiger partial charge in [0.2, 0.25) is 0 Å². The van der Waals surface area contributed by atoms with Crippen LogP contribution in [-0.2, 0) is 11.2 Å². The number of carboxylic acid groups (broad SMARTS) is 1. The third-order valence-corrected chi connectivity index (χ3v) is 5.65. The van der Waals surface area contributed by atoms with Crippen LogP contribution in [0.25, 0.3) is 11.0 Å². The summed E-state index contributed by atoms with van der Waals surface area (Å²) in [6.45, 7) is 6.56. The summed E-state index contributed by atoms with van der Waals surface area (Å²) in [5.74, 6) is -0.0943. The molecule has 1 aromatic heterocycles. The van der Waals surface area contributed by atoms with E-state index in [2.05, 4.69) is 10.6 Å². The molecule has 0 atom stereocenters. The fourth-order valence-electron chi connectivity index (χ4n) is 3.71. The van der Waals surface area contributed by atoms with E-state index < -0.39 is 17.5 Å². The number of fused-ring (bicyclic) bond motifs is 1. The minimum absolute atomic E-state index is 0.0386. The Kier molecular flexibility index (Phi) is 9.45. The number of nitrogens with one attached hydrogen (secondary N) is 2. The Morgan fingerprint density at radius 1 is 1.11 bits per heavy atom. The zero-order valence-corrected chi connectivity index (χ0v) is 21.5. The normalized spacial score (nSPS) is 10.7. The first-order valence-corrected chi connectivity index (χ1v) is 11.9. The van der Waals surface area contributed by atoms with Crippen molar-refractivity contribution in [2.75, 3.05) is 32.1 Å². The molecule has 0 aliphatic carbocycles. The van der Waals surface area contributed by atoms with Gasteiger partial charge in [-0.1, -0.05) is 11.6 Å². The first-order chi connectivity index (χ1) is 17.7. The van der Waals surface area contributed by atoms with Gasteiger partial charge in [0.1, 0.15) is 22.8 Å². The highest BCUT2D eigenvalue weighted by molar-refractivity contribution is 6.05. The summed E-state index contributed by atoms with van der Waals surface area (Å²) >= 11 is 0. The van der Waals surface area contributed by atoms with Crippen molar-refractivity contribution in [2.24, 2.45) is 0 Å². The van der Waals surface area contributed by atoms with E-state index in [0.717, 1.165) is 11.1 Å². The topological polar surface area (TPSA) is 127 Å². The molecule has 0 saturated heterocycles. The summed E-state index contributed by atoms with van der Waals surface area (Å²) in [7, 11) is 1.58. The summed E-state index contributed by atoms with van der Waals surface area (Å²) in [6.07, 6.45) is 3.28. The van der Waals surface area contributed by atoms with Gasteiger partial charge in [0, 0.05) is 16.5 Å². The highest BCUT2D eigenvalue weighted by atomic mass is 16.5. The summed E-state index contributed by atoms with van der Waals surface area (Å²) in [5, 5.41) is 14.7. The lowest BCUT2D eigenvalue weighted by Crippen LogP contribution is -2.24. The maximum Gasteiger partial charge on any atom is 0.360 e. The van der Waals surface area contributed by atoms with E-state index in [0.29, 0.717) is 59.6 Å². The number of aryl methyl sites for hydroxylation is 1. The molecular weight excluding hydrogens is 476 g/mol. The van der Waals surface area contributed by atoms with Gasteiger partial charge in [0.05, 0.1) is 20.3 Å². The number of carbonyl (C=O) groups excluding carboxylic acids is 1. The molecule has 0 fully saturated rings. The number of hydrogen-bond acceptors (Lipinski definition) is 7. The van der Waals surface area contributed by atoms with Crippen molar-refractivity contribution < 1.29 is 28.6 Å². The van der Waals surface area contributed by atoms with Crippen molar-refractivity contribution in [3.05, 3.63) is 75.2 Å². The SMILES string of the molecule is COc1ccc(C(=O)Nc2cc3ccc(OCCCNCC(=O)O)c(C)c3oc2=O)cc1CC=C(C)C. The lowest BCUT2D eigenvalue weighted by atomic mass is 10.0. The average Bonchev–Trinajstić information content (AvgIpc) is 2.86. The third kappa shape index (κ3) is 7.44. The second kappa shape index (κ2) is 12.7. The zero-order valence-electron chi connectivity index (χ0n) is 21.5. The van der Waals surface area contributed by atoms with Crippen LogP contribution in [0.3, 0.4) is 0 Å². The number of carbonyl (C=O) groups is 2. The van der Waals surface area contributed by atoms with E-state index in [1.54, 1.807) is 50.4 Å². The second-order valence-electron chi connectivity index (χ2n) is 8.79. The van der Waals surface area contributed by atoms with E-state index in [1.165, 1.54) is 0 Å². The summed E-state index contributed by atoms with van der Waals surface area (Å²) in [4.78, 5) is 36.2. The van der Waals surface area contributed by atoms with Crippen molar-refractivity contribution in [1.82, 2.24) is 5.32 Å². The fourth-order valence-corrected chi connectivity index (χ4v) is 3.71. The van der Waals surface area contributed by atoms with Crippen LogP contribution in [0.1, 0.15) is 41.8 Å². The molecule has 3 aromatic rings. The molecule has 0 spiro atoms. The minimum Gasteiger partial charge on any atom is -0.496 e. The second-order valence-corrected chi connectivity index (χ2v) is 8.79. The van der Waals surface area contributed by atoms with Gasteiger partial charge in [-0.25, -0.2) is 4.79 Å². The summed E-state index contributed by atoms with van der Waals surface area (Å²) < 4.78 is 16.7. The lowest BCUT2D eigenvalue weighted by Gasteiger charge is -2.12. The molecule has 9 heteroatoms. The lowest BCUT2D eigenvalue weighted by molar-refractivity contribution is -0.135. The molecule has 196 valence electrons. The molecule has 37 heavy (non-hydrogen) atoms. The predicted octanol–water partition coefficient (Wildman–Crippen LogP) is 4.31. The number of allylic oxidation sites excluding steroid dienone is 2. The monoisotopic (exact) mass is 508 g/mol. The van der Waals surface area contributed by atoms with Crippen molar-refractivity contribution in [3.8, 4) is 11.5 Å². The Labute approximate surface area is 215 Å². The summed E-state index contributed by atoms with van der Waals surface area (Å²) in [6, 6.07) is 10.2. The Balaban J connectivity index is 1.74. The largest absolute Gasteiger partial charge is 0.496 e. The van der Waals surface area contributed by atoms with Gasteiger partial charge < -0.3 is 29.6 Å². The van der Waals surface area contributed by atoms with Crippen molar-refractivity contribution >= 4 is 28.5 Å². The van der Waals surface area contributed by atoms with Crippen LogP contribution in [0.2, 0.25) is 0 Å². The Hall–Kier alpha value is -4.11.